The van der Waals surface area contributed by atoms with Gasteiger partial charge in [0.05, 0.1) is 23.7 Å². The van der Waals surface area contributed by atoms with Gasteiger partial charge in [0.2, 0.25) is 0 Å². The Morgan fingerprint density at radius 2 is 2.12 bits per heavy atom. The molecule has 1 amide bonds. The second-order valence-corrected chi connectivity index (χ2v) is 5.86. The number of rotatable bonds is 7. The first-order valence-corrected chi connectivity index (χ1v) is 8.35. The van der Waals surface area contributed by atoms with Crippen molar-refractivity contribution in [1.29, 1.82) is 0 Å². The van der Waals surface area contributed by atoms with E-state index in [1.807, 2.05) is 25.1 Å². The fourth-order valence-electron chi connectivity index (χ4n) is 2.68. The van der Waals surface area contributed by atoms with Crippen molar-refractivity contribution < 1.29 is 14.3 Å². The summed E-state index contributed by atoms with van der Waals surface area (Å²) in [5, 5.41) is 2.92. The number of aromatic amines is 1. The highest BCUT2D eigenvalue weighted by Gasteiger charge is 2.14. The molecule has 0 aliphatic carbocycles. The van der Waals surface area contributed by atoms with Crippen LogP contribution in [0.3, 0.4) is 0 Å². The van der Waals surface area contributed by atoms with E-state index in [0.29, 0.717) is 36.8 Å². The Morgan fingerprint density at radius 1 is 1.27 bits per heavy atom. The molecule has 136 valence electrons. The van der Waals surface area contributed by atoms with Crippen molar-refractivity contribution in [2.75, 3.05) is 20.3 Å². The summed E-state index contributed by atoms with van der Waals surface area (Å²) >= 11 is 0. The molecular formula is C19H22N4O3. The van der Waals surface area contributed by atoms with E-state index in [0.717, 1.165) is 22.4 Å². The number of amides is 1. The van der Waals surface area contributed by atoms with Gasteiger partial charge in [-0.05, 0) is 36.8 Å². The van der Waals surface area contributed by atoms with Gasteiger partial charge in [-0.3, -0.25) is 4.79 Å². The Kier molecular flexibility index (Phi) is 5.38. The molecule has 0 fully saturated rings. The number of nitrogens with one attached hydrogen (secondary N) is 2. The van der Waals surface area contributed by atoms with Gasteiger partial charge in [-0.2, -0.15) is 0 Å². The van der Waals surface area contributed by atoms with Crippen LogP contribution in [-0.2, 0) is 6.54 Å². The zero-order valence-corrected chi connectivity index (χ0v) is 14.8. The molecule has 1 heterocycles. The molecule has 26 heavy (non-hydrogen) atoms. The minimum Gasteiger partial charge on any atom is -0.497 e. The molecule has 7 heteroatoms. The molecule has 0 saturated heterocycles. The zero-order valence-electron chi connectivity index (χ0n) is 14.8. The normalized spacial score (nSPS) is 10.7. The average molecular weight is 354 g/mol. The maximum absolute atomic E-state index is 12.6. The van der Waals surface area contributed by atoms with Crippen LogP contribution >= 0.6 is 0 Å². The molecule has 3 aromatic rings. The number of hydrogen-bond acceptors (Lipinski definition) is 5. The van der Waals surface area contributed by atoms with Crippen LogP contribution in [-0.4, -0.2) is 36.1 Å². The van der Waals surface area contributed by atoms with Gasteiger partial charge in [0.1, 0.15) is 23.9 Å². The molecule has 4 N–H and O–H groups in total. The average Bonchev–Trinajstić information content (AvgIpc) is 3.03. The Bertz CT molecular complexity index is 920. The first-order chi connectivity index (χ1) is 12.6. The zero-order chi connectivity index (χ0) is 18.5. The summed E-state index contributed by atoms with van der Waals surface area (Å²) in [6.07, 6.45) is 0. The van der Waals surface area contributed by atoms with Crippen LogP contribution in [0.4, 0.5) is 0 Å². The van der Waals surface area contributed by atoms with Crippen LogP contribution < -0.4 is 20.5 Å². The first-order valence-electron chi connectivity index (χ1n) is 8.35. The SMILES string of the molecule is COc1ccc(C(=O)NCc2ccc3nc(C)[nH]c3c2)c(OCCN)c1. The number of aromatic nitrogens is 2. The summed E-state index contributed by atoms with van der Waals surface area (Å²) in [5.41, 5.74) is 8.77. The Balaban J connectivity index is 1.73. The van der Waals surface area contributed by atoms with Crippen LogP contribution in [0.15, 0.2) is 36.4 Å². The molecule has 1 aromatic heterocycles. The smallest absolute Gasteiger partial charge is 0.255 e. The predicted molar refractivity (Wildman–Crippen MR) is 99.5 cm³/mol. The lowest BCUT2D eigenvalue weighted by Gasteiger charge is -2.13. The Labute approximate surface area is 151 Å². The fourth-order valence-corrected chi connectivity index (χ4v) is 2.68. The standard InChI is InChI=1S/C19H22N4O3/c1-12-22-16-6-3-13(9-17(16)23-12)11-21-19(24)15-5-4-14(25-2)10-18(15)26-8-7-20/h3-6,9-10H,7-8,11,20H2,1-2H3,(H,21,24)(H,22,23). The van der Waals surface area contributed by atoms with Crippen molar-refractivity contribution in [3.05, 3.63) is 53.3 Å². The number of carbonyl (C=O) groups excluding carboxylic acids is 1. The maximum Gasteiger partial charge on any atom is 0.255 e. The van der Waals surface area contributed by atoms with Gasteiger partial charge in [0.15, 0.2) is 0 Å². The van der Waals surface area contributed by atoms with E-state index >= 15 is 0 Å². The van der Waals surface area contributed by atoms with Crippen LogP contribution in [0.2, 0.25) is 0 Å². The van der Waals surface area contributed by atoms with Crippen molar-refractivity contribution in [2.24, 2.45) is 5.73 Å². The molecule has 0 atom stereocenters. The van der Waals surface area contributed by atoms with Crippen molar-refractivity contribution in [3.63, 3.8) is 0 Å². The molecular weight excluding hydrogens is 332 g/mol. The van der Waals surface area contributed by atoms with Crippen molar-refractivity contribution in [2.45, 2.75) is 13.5 Å². The minimum atomic E-state index is -0.222. The maximum atomic E-state index is 12.6. The van der Waals surface area contributed by atoms with E-state index in [2.05, 4.69) is 15.3 Å². The number of nitrogens with zero attached hydrogens (tertiary/aromatic N) is 1. The quantitative estimate of drug-likeness (QED) is 0.603. The van der Waals surface area contributed by atoms with Crippen LogP contribution in [0, 0.1) is 6.92 Å². The van der Waals surface area contributed by atoms with Crippen molar-refractivity contribution in [3.8, 4) is 11.5 Å². The predicted octanol–water partition coefficient (Wildman–Crippen LogP) is 2.15. The third-order valence-corrected chi connectivity index (χ3v) is 3.93. The molecule has 0 bridgehead atoms. The highest BCUT2D eigenvalue weighted by atomic mass is 16.5. The largest absolute Gasteiger partial charge is 0.497 e. The minimum absolute atomic E-state index is 0.222. The molecule has 0 unspecified atom stereocenters. The van der Waals surface area contributed by atoms with E-state index < -0.39 is 0 Å². The van der Waals surface area contributed by atoms with Gasteiger partial charge < -0.3 is 25.5 Å². The second-order valence-electron chi connectivity index (χ2n) is 5.86. The molecule has 0 saturated carbocycles. The summed E-state index contributed by atoms with van der Waals surface area (Å²) in [5.74, 6) is 1.71. The molecule has 0 radical (unpaired) electrons. The highest BCUT2D eigenvalue weighted by molar-refractivity contribution is 5.97. The Hall–Kier alpha value is -3.06. The van der Waals surface area contributed by atoms with E-state index in [4.69, 9.17) is 15.2 Å². The van der Waals surface area contributed by atoms with Gasteiger partial charge in [-0.15, -0.1) is 0 Å². The molecule has 3 rings (SSSR count). The van der Waals surface area contributed by atoms with E-state index in [9.17, 15) is 4.79 Å². The van der Waals surface area contributed by atoms with E-state index in [1.54, 1.807) is 25.3 Å². The number of nitrogens with two attached hydrogens (primary N) is 1. The summed E-state index contributed by atoms with van der Waals surface area (Å²) in [4.78, 5) is 20.2. The summed E-state index contributed by atoms with van der Waals surface area (Å²) in [6, 6.07) is 11.0. The third-order valence-electron chi connectivity index (χ3n) is 3.93. The molecule has 0 aliphatic heterocycles. The lowest BCUT2D eigenvalue weighted by Crippen LogP contribution is -2.24. The van der Waals surface area contributed by atoms with E-state index in [-0.39, 0.29) is 5.91 Å². The lowest BCUT2D eigenvalue weighted by molar-refractivity contribution is 0.0947. The van der Waals surface area contributed by atoms with Gasteiger partial charge in [-0.25, -0.2) is 4.98 Å². The number of methoxy groups -OCH3 is 1. The summed E-state index contributed by atoms with van der Waals surface area (Å²) in [6.45, 7) is 2.99. The van der Waals surface area contributed by atoms with Crippen LogP contribution in [0.1, 0.15) is 21.7 Å². The molecule has 2 aromatic carbocycles. The monoisotopic (exact) mass is 354 g/mol. The van der Waals surface area contributed by atoms with Gasteiger partial charge >= 0.3 is 0 Å². The van der Waals surface area contributed by atoms with Gasteiger partial charge in [-0.1, -0.05) is 6.07 Å². The molecule has 0 spiro atoms. The highest BCUT2D eigenvalue weighted by Crippen LogP contribution is 2.25. The van der Waals surface area contributed by atoms with Crippen molar-refractivity contribution >= 4 is 16.9 Å². The van der Waals surface area contributed by atoms with Crippen molar-refractivity contribution in [1.82, 2.24) is 15.3 Å². The number of ether oxygens (including phenoxy) is 2. The first kappa shape index (κ1) is 17.8. The number of H-pyrrole nitrogens is 1. The van der Waals surface area contributed by atoms with E-state index in [1.165, 1.54) is 0 Å². The van der Waals surface area contributed by atoms with Crippen LogP contribution in [0.5, 0.6) is 11.5 Å². The lowest BCUT2D eigenvalue weighted by atomic mass is 10.1. The van der Waals surface area contributed by atoms with Crippen LogP contribution in [0.25, 0.3) is 11.0 Å². The number of aryl methyl sites for hydroxylation is 1. The van der Waals surface area contributed by atoms with Gasteiger partial charge in [0.25, 0.3) is 5.91 Å². The summed E-state index contributed by atoms with van der Waals surface area (Å²) in [7, 11) is 1.56. The molecule has 7 nitrogen and oxygen atoms in total. The Morgan fingerprint density at radius 3 is 2.88 bits per heavy atom. The topological polar surface area (TPSA) is 102 Å². The number of fused-ring (bicyclic) bond motifs is 1. The third kappa shape index (κ3) is 3.94. The summed E-state index contributed by atoms with van der Waals surface area (Å²) < 4.78 is 10.8. The number of carbonyl (C=O) groups is 1. The fraction of sp³-hybridized carbons (Fsp3) is 0.263. The number of benzene rings is 2. The second kappa shape index (κ2) is 7.88. The van der Waals surface area contributed by atoms with Gasteiger partial charge in [0, 0.05) is 19.2 Å². The number of imidazole rings is 1. The number of hydrogen-bond donors (Lipinski definition) is 3. The molecule has 0 aliphatic rings.